The molecule has 4 nitrogen and oxygen atoms in total. The number of thiol groups is 1. The summed E-state index contributed by atoms with van der Waals surface area (Å²) in [5.74, 6) is 0.376. The standard InChI is InChI=1S/C14H13N3OS/c1-10(19)13(4-5-15)14-8-12(18-7-6-16)3-2-11(14)9-17/h2-3,8,10,13,19H,4,7H2,1H3. The zero-order valence-electron chi connectivity index (χ0n) is 10.5. The van der Waals surface area contributed by atoms with Gasteiger partial charge in [-0.15, -0.1) is 0 Å². The third-order valence-electron chi connectivity index (χ3n) is 2.74. The maximum absolute atomic E-state index is 9.13. The van der Waals surface area contributed by atoms with Gasteiger partial charge in [-0.3, -0.25) is 0 Å². The van der Waals surface area contributed by atoms with Crippen molar-refractivity contribution in [2.75, 3.05) is 6.61 Å². The molecule has 0 fully saturated rings. The lowest BCUT2D eigenvalue weighted by Crippen LogP contribution is -2.11. The Morgan fingerprint density at radius 1 is 1.26 bits per heavy atom. The first-order valence-corrected chi connectivity index (χ1v) is 6.24. The van der Waals surface area contributed by atoms with Gasteiger partial charge in [-0.05, 0) is 23.8 Å². The summed E-state index contributed by atoms with van der Waals surface area (Å²) >= 11 is 4.38. The summed E-state index contributed by atoms with van der Waals surface area (Å²) in [4.78, 5) is 0. The number of ether oxygens (including phenoxy) is 1. The molecule has 0 spiro atoms. The number of nitrogens with zero attached hydrogens (tertiary/aromatic N) is 3. The molecule has 1 aromatic rings. The van der Waals surface area contributed by atoms with E-state index in [1.807, 2.05) is 13.0 Å². The van der Waals surface area contributed by atoms with Gasteiger partial charge in [0.1, 0.15) is 11.8 Å². The van der Waals surface area contributed by atoms with Crippen LogP contribution in [0.3, 0.4) is 0 Å². The van der Waals surface area contributed by atoms with Crippen molar-refractivity contribution in [3.05, 3.63) is 29.3 Å². The van der Waals surface area contributed by atoms with Crippen LogP contribution < -0.4 is 4.74 Å². The Hall–Kier alpha value is -2.16. The lowest BCUT2D eigenvalue weighted by Gasteiger charge is -2.19. The molecule has 1 rings (SSSR count). The Bertz CT molecular complexity index is 564. The second-order valence-corrected chi connectivity index (χ2v) is 4.83. The fraction of sp³-hybridized carbons (Fsp3) is 0.357. The molecular weight excluding hydrogens is 258 g/mol. The molecule has 1 aromatic carbocycles. The van der Waals surface area contributed by atoms with Crippen molar-refractivity contribution in [1.82, 2.24) is 0 Å². The maximum Gasteiger partial charge on any atom is 0.174 e. The van der Waals surface area contributed by atoms with Crippen LogP contribution in [0.25, 0.3) is 0 Å². The van der Waals surface area contributed by atoms with Crippen LogP contribution in [0.2, 0.25) is 0 Å². The van der Waals surface area contributed by atoms with Crippen LogP contribution in [0, 0.1) is 34.0 Å². The molecule has 0 aliphatic carbocycles. The van der Waals surface area contributed by atoms with E-state index in [1.54, 1.807) is 18.2 Å². The molecule has 0 amide bonds. The number of hydrogen-bond donors (Lipinski definition) is 1. The van der Waals surface area contributed by atoms with Gasteiger partial charge in [0, 0.05) is 17.6 Å². The average molecular weight is 271 g/mol. The van der Waals surface area contributed by atoms with Gasteiger partial charge < -0.3 is 4.74 Å². The maximum atomic E-state index is 9.13. The quantitative estimate of drug-likeness (QED) is 0.835. The van der Waals surface area contributed by atoms with Crippen LogP contribution >= 0.6 is 12.6 Å². The fourth-order valence-corrected chi connectivity index (χ4v) is 2.06. The van der Waals surface area contributed by atoms with Gasteiger partial charge in [-0.1, -0.05) is 6.92 Å². The highest BCUT2D eigenvalue weighted by Gasteiger charge is 2.20. The second kappa shape index (κ2) is 7.31. The molecule has 0 N–H and O–H groups in total. The Morgan fingerprint density at radius 2 is 2.00 bits per heavy atom. The van der Waals surface area contributed by atoms with Crippen molar-refractivity contribution < 1.29 is 4.74 Å². The first-order chi connectivity index (χ1) is 9.13. The molecule has 0 saturated heterocycles. The number of nitriles is 3. The highest BCUT2D eigenvalue weighted by molar-refractivity contribution is 7.81. The van der Waals surface area contributed by atoms with E-state index in [9.17, 15) is 0 Å². The lowest BCUT2D eigenvalue weighted by molar-refractivity contribution is 0.367. The zero-order chi connectivity index (χ0) is 14.3. The first-order valence-electron chi connectivity index (χ1n) is 5.72. The van der Waals surface area contributed by atoms with E-state index in [4.69, 9.17) is 20.5 Å². The van der Waals surface area contributed by atoms with Crippen LogP contribution in [0.1, 0.15) is 30.4 Å². The van der Waals surface area contributed by atoms with Crippen molar-refractivity contribution in [1.29, 1.82) is 15.8 Å². The molecule has 0 bridgehead atoms. The van der Waals surface area contributed by atoms with E-state index in [2.05, 4.69) is 24.8 Å². The van der Waals surface area contributed by atoms with Gasteiger partial charge in [0.25, 0.3) is 0 Å². The summed E-state index contributed by atoms with van der Waals surface area (Å²) in [5.41, 5.74) is 1.24. The Kier molecular flexibility index (Phi) is 5.73. The molecular formula is C14H13N3OS. The average Bonchev–Trinajstić information content (AvgIpc) is 2.42. The Balaban J connectivity index is 3.18. The van der Waals surface area contributed by atoms with Crippen LogP contribution in [-0.4, -0.2) is 11.9 Å². The van der Waals surface area contributed by atoms with Gasteiger partial charge in [0.15, 0.2) is 6.61 Å². The monoisotopic (exact) mass is 271 g/mol. The number of benzene rings is 1. The molecule has 2 atom stereocenters. The molecule has 0 saturated carbocycles. The summed E-state index contributed by atoms with van der Waals surface area (Å²) in [7, 11) is 0. The van der Waals surface area contributed by atoms with Gasteiger partial charge in [-0.25, -0.2) is 0 Å². The van der Waals surface area contributed by atoms with Gasteiger partial charge in [-0.2, -0.15) is 28.4 Å². The van der Waals surface area contributed by atoms with Crippen LogP contribution in [0.15, 0.2) is 18.2 Å². The molecule has 0 radical (unpaired) electrons. The van der Waals surface area contributed by atoms with Crippen molar-refractivity contribution in [2.45, 2.75) is 24.5 Å². The number of hydrogen-bond acceptors (Lipinski definition) is 5. The minimum Gasteiger partial charge on any atom is -0.479 e. The van der Waals surface area contributed by atoms with E-state index in [0.717, 1.165) is 5.56 Å². The highest BCUT2D eigenvalue weighted by atomic mass is 32.1. The molecule has 0 aliphatic heterocycles. The van der Waals surface area contributed by atoms with Gasteiger partial charge in [0.2, 0.25) is 0 Å². The molecule has 2 unspecified atom stereocenters. The molecule has 5 heteroatoms. The highest BCUT2D eigenvalue weighted by Crippen LogP contribution is 2.31. The van der Waals surface area contributed by atoms with E-state index in [1.165, 1.54) is 0 Å². The summed E-state index contributed by atoms with van der Waals surface area (Å²) in [6.07, 6.45) is 0.279. The van der Waals surface area contributed by atoms with E-state index >= 15 is 0 Å². The van der Waals surface area contributed by atoms with Crippen molar-refractivity contribution in [3.8, 4) is 24.0 Å². The molecule has 0 aliphatic rings. The zero-order valence-corrected chi connectivity index (χ0v) is 11.4. The van der Waals surface area contributed by atoms with Crippen molar-refractivity contribution >= 4 is 12.6 Å². The Morgan fingerprint density at radius 3 is 2.53 bits per heavy atom. The normalized spacial score (nSPS) is 12.6. The SMILES string of the molecule is CC(S)C(CC#N)c1cc(OCC#N)ccc1C#N. The van der Waals surface area contributed by atoms with Crippen LogP contribution in [0.4, 0.5) is 0 Å². The minimum atomic E-state index is -0.145. The van der Waals surface area contributed by atoms with E-state index in [-0.39, 0.29) is 24.2 Å². The molecule has 19 heavy (non-hydrogen) atoms. The van der Waals surface area contributed by atoms with E-state index < -0.39 is 0 Å². The van der Waals surface area contributed by atoms with Gasteiger partial charge in [0.05, 0.1) is 17.7 Å². The largest absolute Gasteiger partial charge is 0.479 e. The fourth-order valence-electron chi connectivity index (χ4n) is 1.79. The molecule has 0 aromatic heterocycles. The lowest BCUT2D eigenvalue weighted by atomic mass is 9.89. The summed E-state index contributed by atoms with van der Waals surface area (Å²) in [5, 5.41) is 26.5. The third kappa shape index (κ3) is 3.91. The second-order valence-electron chi connectivity index (χ2n) is 4.02. The molecule has 96 valence electrons. The van der Waals surface area contributed by atoms with Gasteiger partial charge >= 0.3 is 0 Å². The third-order valence-corrected chi connectivity index (χ3v) is 3.10. The topological polar surface area (TPSA) is 80.6 Å². The van der Waals surface area contributed by atoms with Crippen molar-refractivity contribution in [2.24, 2.45) is 0 Å². The summed E-state index contributed by atoms with van der Waals surface area (Å²) in [6, 6.07) is 11.1. The summed E-state index contributed by atoms with van der Waals surface area (Å²) in [6.45, 7) is 1.83. The summed E-state index contributed by atoms with van der Waals surface area (Å²) < 4.78 is 5.22. The van der Waals surface area contributed by atoms with Crippen LogP contribution in [0.5, 0.6) is 5.75 Å². The van der Waals surface area contributed by atoms with Crippen molar-refractivity contribution in [3.63, 3.8) is 0 Å². The Labute approximate surface area is 118 Å². The number of rotatable bonds is 5. The first kappa shape index (κ1) is 14.9. The minimum absolute atomic E-state index is 0.0509. The molecule has 0 heterocycles. The predicted octanol–water partition coefficient (Wildman–Crippen LogP) is 2.78. The van der Waals surface area contributed by atoms with E-state index in [0.29, 0.717) is 11.3 Å². The van der Waals surface area contributed by atoms with Crippen LogP contribution in [-0.2, 0) is 0 Å². The smallest absolute Gasteiger partial charge is 0.174 e. The predicted molar refractivity (Wildman–Crippen MR) is 73.7 cm³/mol.